The summed E-state index contributed by atoms with van der Waals surface area (Å²) in [7, 11) is -7.07. The molecule has 3 rings (SSSR count). The summed E-state index contributed by atoms with van der Waals surface area (Å²) in [6.45, 7) is 2.55. The number of rotatable bonds is 6. The predicted molar refractivity (Wildman–Crippen MR) is 107 cm³/mol. The molecule has 0 atom stereocenters. The Bertz CT molecular complexity index is 1070. The average molecular weight is 423 g/mol. The van der Waals surface area contributed by atoms with Gasteiger partial charge in [0, 0.05) is 18.8 Å². The molecule has 1 N–H and O–H groups in total. The van der Waals surface area contributed by atoms with E-state index < -0.39 is 25.8 Å². The maximum absolute atomic E-state index is 12.6. The molecule has 0 aliphatic carbocycles. The van der Waals surface area contributed by atoms with Crippen LogP contribution in [0, 0.1) is 0 Å². The summed E-state index contributed by atoms with van der Waals surface area (Å²) in [6.07, 6.45) is 1.71. The molecule has 7 nitrogen and oxygen atoms in total. The van der Waals surface area contributed by atoms with E-state index >= 15 is 0 Å². The maximum atomic E-state index is 12.6. The van der Waals surface area contributed by atoms with Gasteiger partial charge in [0.15, 0.2) is 9.84 Å². The molecule has 2 aromatic rings. The van der Waals surface area contributed by atoms with Crippen LogP contribution in [-0.4, -0.2) is 45.9 Å². The summed E-state index contributed by atoms with van der Waals surface area (Å²) in [6, 6.07) is 11.9. The highest BCUT2D eigenvalue weighted by Gasteiger charge is 2.27. The van der Waals surface area contributed by atoms with Crippen LogP contribution in [0.5, 0.6) is 0 Å². The van der Waals surface area contributed by atoms with E-state index in [0.29, 0.717) is 18.8 Å². The number of nitrogens with zero attached hydrogens (tertiary/aromatic N) is 1. The van der Waals surface area contributed by atoms with Crippen LogP contribution in [0.25, 0.3) is 0 Å². The zero-order valence-corrected chi connectivity index (χ0v) is 17.1. The molecule has 0 saturated carbocycles. The lowest BCUT2D eigenvalue weighted by Gasteiger charge is -2.16. The Morgan fingerprint density at radius 1 is 0.964 bits per heavy atom. The summed E-state index contributed by atoms with van der Waals surface area (Å²) in [5.74, 6) is -0.678. The average Bonchev–Trinajstić information content (AvgIpc) is 3.24. The van der Waals surface area contributed by atoms with Gasteiger partial charge in [-0.1, -0.05) is 19.1 Å². The number of carbonyl (C=O) groups is 1. The largest absolute Gasteiger partial charge is 0.322 e. The van der Waals surface area contributed by atoms with Gasteiger partial charge >= 0.3 is 0 Å². The number of carbonyl (C=O) groups excluding carboxylic acids is 1. The van der Waals surface area contributed by atoms with Gasteiger partial charge in [0.1, 0.15) is 0 Å². The molecule has 0 unspecified atom stereocenters. The van der Waals surface area contributed by atoms with Crippen molar-refractivity contribution in [1.29, 1.82) is 0 Å². The molecule has 0 radical (unpaired) electrons. The highest BCUT2D eigenvalue weighted by atomic mass is 32.2. The molecule has 0 spiro atoms. The molecule has 2 aromatic carbocycles. The van der Waals surface area contributed by atoms with Gasteiger partial charge in [-0.3, -0.25) is 4.79 Å². The third kappa shape index (κ3) is 4.11. The Labute approximate surface area is 165 Å². The molecule has 1 heterocycles. The van der Waals surface area contributed by atoms with Crippen LogP contribution in [0.1, 0.15) is 30.1 Å². The van der Waals surface area contributed by atoms with E-state index in [1.54, 1.807) is 12.1 Å². The van der Waals surface area contributed by atoms with E-state index in [1.807, 2.05) is 0 Å². The van der Waals surface area contributed by atoms with E-state index in [9.17, 15) is 21.6 Å². The van der Waals surface area contributed by atoms with Gasteiger partial charge < -0.3 is 5.32 Å². The lowest BCUT2D eigenvalue weighted by atomic mass is 10.2. The number of nitrogens with one attached hydrogen (secondary N) is 1. The van der Waals surface area contributed by atoms with Crippen LogP contribution < -0.4 is 5.32 Å². The summed E-state index contributed by atoms with van der Waals surface area (Å²) < 4.78 is 51.0. The highest BCUT2D eigenvalue weighted by molar-refractivity contribution is 7.91. The van der Waals surface area contributed by atoms with E-state index in [0.717, 1.165) is 12.8 Å². The van der Waals surface area contributed by atoms with Crippen molar-refractivity contribution in [2.45, 2.75) is 29.6 Å². The van der Waals surface area contributed by atoms with Crippen molar-refractivity contribution in [3.8, 4) is 0 Å². The minimum atomic E-state index is -3.55. The number of anilines is 1. The lowest BCUT2D eigenvalue weighted by molar-refractivity contribution is 0.102. The van der Waals surface area contributed by atoms with Crippen molar-refractivity contribution < 1.29 is 21.6 Å². The summed E-state index contributed by atoms with van der Waals surface area (Å²) in [5.41, 5.74) is 0.437. The first kappa shape index (κ1) is 20.5. The van der Waals surface area contributed by atoms with Crippen molar-refractivity contribution in [2.75, 3.05) is 24.2 Å². The Hall–Kier alpha value is -2.23. The van der Waals surface area contributed by atoms with Gasteiger partial charge in [-0.25, -0.2) is 16.8 Å². The topological polar surface area (TPSA) is 101 Å². The second-order valence-electron chi connectivity index (χ2n) is 6.49. The van der Waals surface area contributed by atoms with Crippen LogP contribution >= 0.6 is 0 Å². The zero-order chi connectivity index (χ0) is 20.4. The highest BCUT2D eigenvalue weighted by Crippen LogP contribution is 2.23. The SMILES string of the molecule is CCS(=O)(=O)c1ccccc1C(=O)Nc1ccc(S(=O)(=O)N2CCCC2)cc1. The number of sulfonamides is 1. The second kappa shape index (κ2) is 8.02. The lowest BCUT2D eigenvalue weighted by Crippen LogP contribution is -2.27. The van der Waals surface area contributed by atoms with Crippen LogP contribution in [0.2, 0.25) is 0 Å². The fraction of sp³-hybridized carbons (Fsp3) is 0.316. The van der Waals surface area contributed by atoms with Crippen molar-refractivity contribution >= 4 is 31.5 Å². The number of hydrogen-bond acceptors (Lipinski definition) is 5. The molecule has 9 heteroatoms. The minimum Gasteiger partial charge on any atom is -0.322 e. The van der Waals surface area contributed by atoms with Crippen molar-refractivity contribution in [3.05, 3.63) is 54.1 Å². The minimum absolute atomic E-state index is 0.0248. The van der Waals surface area contributed by atoms with Gasteiger partial charge in [-0.15, -0.1) is 0 Å². The standard InChI is InChI=1S/C19H22N2O5S2/c1-2-27(23,24)18-8-4-3-7-17(18)19(22)20-15-9-11-16(12-10-15)28(25,26)21-13-5-6-14-21/h3-4,7-12H,2,5-6,13-14H2,1H3,(H,20,22). The summed E-state index contributed by atoms with van der Waals surface area (Å²) in [5, 5.41) is 2.63. The normalized spacial score (nSPS) is 15.5. The van der Waals surface area contributed by atoms with Gasteiger partial charge in [-0.05, 0) is 49.2 Å². The summed E-state index contributed by atoms with van der Waals surface area (Å²) >= 11 is 0. The maximum Gasteiger partial charge on any atom is 0.256 e. The second-order valence-corrected chi connectivity index (χ2v) is 10.7. The smallest absolute Gasteiger partial charge is 0.256 e. The zero-order valence-electron chi connectivity index (χ0n) is 15.5. The Balaban J connectivity index is 1.81. The van der Waals surface area contributed by atoms with Crippen LogP contribution in [0.15, 0.2) is 58.3 Å². The van der Waals surface area contributed by atoms with Gasteiger partial charge in [0.25, 0.3) is 5.91 Å². The Morgan fingerprint density at radius 2 is 1.57 bits per heavy atom. The van der Waals surface area contributed by atoms with E-state index in [1.165, 1.54) is 47.6 Å². The number of amides is 1. The number of benzene rings is 2. The Morgan fingerprint density at radius 3 is 2.18 bits per heavy atom. The van der Waals surface area contributed by atoms with Crippen molar-refractivity contribution in [1.82, 2.24) is 4.31 Å². The van der Waals surface area contributed by atoms with Crippen LogP contribution in [0.4, 0.5) is 5.69 Å². The van der Waals surface area contributed by atoms with Crippen molar-refractivity contribution in [2.24, 2.45) is 0 Å². The quantitative estimate of drug-likeness (QED) is 0.771. The molecule has 0 bridgehead atoms. The molecule has 1 fully saturated rings. The fourth-order valence-corrected chi connectivity index (χ4v) is 5.68. The number of sulfone groups is 1. The predicted octanol–water partition coefficient (Wildman–Crippen LogP) is 2.52. The third-order valence-electron chi connectivity index (χ3n) is 4.66. The first-order valence-electron chi connectivity index (χ1n) is 8.99. The molecule has 1 saturated heterocycles. The molecular weight excluding hydrogens is 400 g/mol. The number of hydrogen-bond donors (Lipinski definition) is 1. The Kier molecular flexibility index (Phi) is 5.87. The molecule has 1 aliphatic heterocycles. The first-order chi connectivity index (χ1) is 13.3. The van der Waals surface area contributed by atoms with Crippen LogP contribution in [-0.2, 0) is 19.9 Å². The molecule has 0 aromatic heterocycles. The van der Waals surface area contributed by atoms with E-state index in [-0.39, 0.29) is 21.1 Å². The van der Waals surface area contributed by atoms with Crippen molar-refractivity contribution in [3.63, 3.8) is 0 Å². The monoisotopic (exact) mass is 422 g/mol. The van der Waals surface area contributed by atoms with Gasteiger partial charge in [-0.2, -0.15) is 4.31 Å². The molecular formula is C19H22N2O5S2. The van der Waals surface area contributed by atoms with E-state index in [4.69, 9.17) is 0 Å². The molecule has 1 amide bonds. The summed E-state index contributed by atoms with van der Waals surface area (Å²) in [4.78, 5) is 12.7. The molecule has 1 aliphatic rings. The molecule has 150 valence electrons. The molecule has 28 heavy (non-hydrogen) atoms. The third-order valence-corrected chi connectivity index (χ3v) is 8.36. The fourth-order valence-electron chi connectivity index (χ4n) is 3.07. The first-order valence-corrected chi connectivity index (χ1v) is 12.1. The van der Waals surface area contributed by atoms with Crippen LogP contribution in [0.3, 0.4) is 0 Å². The van der Waals surface area contributed by atoms with E-state index in [2.05, 4.69) is 5.32 Å². The van der Waals surface area contributed by atoms with Gasteiger partial charge in [0.05, 0.1) is 21.1 Å². The van der Waals surface area contributed by atoms with Gasteiger partial charge in [0.2, 0.25) is 10.0 Å².